The molecule has 0 saturated carbocycles. The van der Waals surface area contributed by atoms with Gasteiger partial charge in [0.25, 0.3) is 0 Å². The van der Waals surface area contributed by atoms with Crippen LogP contribution in [0, 0.1) is 0 Å². The van der Waals surface area contributed by atoms with E-state index in [0.717, 1.165) is 17.2 Å². The quantitative estimate of drug-likeness (QED) is 0.259. The topological polar surface area (TPSA) is 27.7 Å². The summed E-state index contributed by atoms with van der Waals surface area (Å²) in [5.74, 6) is 3.01. The Bertz CT molecular complexity index is 1040. The molecule has 0 saturated heterocycles. The normalized spacial score (nSPS) is 11.3. The number of ether oxygens (including phenoxy) is 3. The van der Waals surface area contributed by atoms with Gasteiger partial charge in [-0.15, -0.1) is 0 Å². The minimum absolute atomic E-state index is 0.953. The van der Waals surface area contributed by atoms with Gasteiger partial charge in [-0.2, -0.15) is 0 Å². The Balaban J connectivity index is 0.000000270. The fourth-order valence-corrected chi connectivity index (χ4v) is 14.5. The van der Waals surface area contributed by atoms with Crippen molar-refractivity contribution in [2.24, 2.45) is 0 Å². The van der Waals surface area contributed by atoms with Crippen LogP contribution in [-0.2, 0) is 0 Å². The molecule has 3 aromatic rings. The van der Waals surface area contributed by atoms with E-state index in [-0.39, 0.29) is 0 Å². The maximum absolute atomic E-state index is 5.32. The standard InChI is InChI=1S/3C7H7O.9CH3.3Sn/c3*1-8-7-5-3-2-4-6-7;;;;;;;;;;;;/h3-6H,1H3;2-3,5-6H,1H3;2-5H,1H3;9*1H3;;;. The van der Waals surface area contributed by atoms with E-state index in [1.165, 1.54) is 7.16 Å². The number of para-hydroxylation sites is 1. The molecule has 0 aliphatic carbocycles. The Morgan fingerprint density at radius 3 is 1.39 bits per heavy atom. The summed E-state index contributed by atoms with van der Waals surface area (Å²) in [4.78, 5) is 21.6. The molecule has 0 heterocycles. The first-order valence-corrected chi connectivity index (χ1v) is 42.5. The molecule has 36 heavy (non-hydrogen) atoms. The average Bonchev–Trinajstić information content (AvgIpc) is 2.83. The summed E-state index contributed by atoms with van der Waals surface area (Å²) in [5.41, 5.74) is 0. The van der Waals surface area contributed by atoms with Crippen molar-refractivity contribution in [3.05, 3.63) is 72.8 Å². The van der Waals surface area contributed by atoms with Crippen LogP contribution in [-0.4, -0.2) is 76.5 Å². The molecule has 6 heteroatoms. The maximum atomic E-state index is 5.32. The van der Waals surface area contributed by atoms with E-state index >= 15 is 0 Å². The predicted octanol–water partition coefficient (Wildman–Crippen LogP) is 6.72. The van der Waals surface area contributed by atoms with E-state index < -0.39 is 55.1 Å². The summed E-state index contributed by atoms with van der Waals surface area (Å²) in [5, 5.41) is 0. The molecule has 0 aliphatic rings. The van der Waals surface area contributed by atoms with Gasteiger partial charge in [-0.25, -0.2) is 0 Å². The Morgan fingerprint density at radius 1 is 0.444 bits per heavy atom. The van der Waals surface area contributed by atoms with Gasteiger partial charge in [0.1, 0.15) is 0 Å². The first kappa shape index (κ1) is 33.5. The molecule has 3 nitrogen and oxygen atoms in total. The Kier molecular flexibility index (Phi) is 14.1. The summed E-state index contributed by atoms with van der Waals surface area (Å²) in [6.45, 7) is 0. The Morgan fingerprint density at radius 2 is 0.972 bits per heavy atom. The van der Waals surface area contributed by atoms with Gasteiger partial charge in [-0.05, 0) is 0 Å². The minimum atomic E-state index is -1.93. The third-order valence-electron chi connectivity index (χ3n) is 5.81. The van der Waals surface area contributed by atoms with E-state index in [4.69, 9.17) is 14.2 Å². The zero-order chi connectivity index (χ0) is 27.6. The van der Waals surface area contributed by atoms with Crippen molar-refractivity contribution in [3.8, 4) is 17.2 Å². The van der Waals surface area contributed by atoms with Crippen LogP contribution in [0.15, 0.2) is 72.8 Å². The number of methoxy groups -OCH3 is 3. The molecule has 0 radical (unpaired) electrons. The van der Waals surface area contributed by atoms with Crippen LogP contribution >= 0.6 is 0 Å². The SMILES string of the molecule is COc1cc[c]([Sn]([CH3])([CH3])[CH3])cc1.COc1ccc[c]([Sn]([CH3])([CH3])[CH3])c1.COc1cccc[c]1[Sn]([CH3])([CH3])[CH3]. The van der Waals surface area contributed by atoms with Crippen LogP contribution in [0.2, 0.25) is 44.5 Å². The molecule has 0 amide bonds. The molecule has 0 bridgehead atoms. The zero-order valence-corrected chi connectivity index (χ0v) is 33.2. The van der Waals surface area contributed by atoms with Gasteiger partial charge in [0, 0.05) is 0 Å². The van der Waals surface area contributed by atoms with Crippen molar-refractivity contribution in [2.45, 2.75) is 44.5 Å². The summed E-state index contributed by atoms with van der Waals surface area (Å²) in [6, 6.07) is 25.4. The van der Waals surface area contributed by atoms with Crippen LogP contribution in [0.25, 0.3) is 0 Å². The van der Waals surface area contributed by atoms with Gasteiger partial charge in [0.2, 0.25) is 0 Å². The van der Waals surface area contributed by atoms with Gasteiger partial charge in [0.05, 0.1) is 0 Å². The monoisotopic (exact) mass is 816 g/mol. The fraction of sp³-hybridized carbons (Fsp3) is 0.400. The molecule has 0 fully saturated rings. The van der Waals surface area contributed by atoms with Crippen molar-refractivity contribution in [3.63, 3.8) is 0 Å². The number of benzene rings is 3. The number of rotatable bonds is 6. The first-order valence-electron chi connectivity index (χ1n) is 12.6. The van der Waals surface area contributed by atoms with Gasteiger partial charge in [-0.3, -0.25) is 0 Å². The Hall–Kier alpha value is -0.544. The predicted molar refractivity (Wildman–Crippen MR) is 168 cm³/mol. The molecular weight excluding hydrogens is 764 g/mol. The molecular formula is C30H48O3Sn3. The zero-order valence-electron chi connectivity index (χ0n) is 24.7. The van der Waals surface area contributed by atoms with Crippen LogP contribution < -0.4 is 24.9 Å². The van der Waals surface area contributed by atoms with Crippen LogP contribution in [0.1, 0.15) is 0 Å². The molecule has 0 aliphatic heterocycles. The van der Waals surface area contributed by atoms with E-state index in [9.17, 15) is 0 Å². The van der Waals surface area contributed by atoms with Crippen molar-refractivity contribution < 1.29 is 14.2 Å². The third kappa shape index (κ3) is 11.9. The van der Waals surface area contributed by atoms with Gasteiger partial charge in [0.15, 0.2) is 0 Å². The second-order valence-electron chi connectivity index (χ2n) is 11.9. The summed E-state index contributed by atoms with van der Waals surface area (Å²) in [6.07, 6.45) is 0. The summed E-state index contributed by atoms with van der Waals surface area (Å²) >= 11 is -5.61. The molecule has 0 atom stereocenters. The van der Waals surface area contributed by atoms with Crippen LogP contribution in [0.5, 0.6) is 17.2 Å². The van der Waals surface area contributed by atoms with E-state index in [1.54, 1.807) is 24.9 Å². The second-order valence-corrected chi connectivity index (χ2v) is 55.3. The van der Waals surface area contributed by atoms with Crippen molar-refractivity contribution in [1.82, 2.24) is 0 Å². The molecule has 0 N–H and O–H groups in total. The van der Waals surface area contributed by atoms with E-state index in [2.05, 4.69) is 105 Å². The van der Waals surface area contributed by atoms with Gasteiger partial charge < -0.3 is 0 Å². The summed E-state index contributed by atoms with van der Waals surface area (Å²) < 4.78 is 20.1. The van der Waals surface area contributed by atoms with Crippen LogP contribution in [0.4, 0.5) is 0 Å². The molecule has 3 aromatic carbocycles. The van der Waals surface area contributed by atoms with E-state index in [0.29, 0.717) is 0 Å². The van der Waals surface area contributed by atoms with Crippen LogP contribution in [0.3, 0.4) is 0 Å². The summed E-state index contributed by atoms with van der Waals surface area (Å²) in [7, 11) is 5.17. The molecule has 3 rings (SSSR count). The average molecular weight is 813 g/mol. The Labute approximate surface area is 233 Å². The number of hydrogen-bond acceptors (Lipinski definition) is 3. The molecule has 198 valence electrons. The third-order valence-corrected chi connectivity index (χ3v) is 23.3. The molecule has 0 unspecified atom stereocenters. The van der Waals surface area contributed by atoms with Crippen molar-refractivity contribution in [2.75, 3.05) is 21.3 Å². The molecule has 0 aromatic heterocycles. The van der Waals surface area contributed by atoms with E-state index in [1.807, 2.05) is 12.1 Å². The second kappa shape index (κ2) is 15.1. The van der Waals surface area contributed by atoms with Crippen molar-refractivity contribution in [1.29, 1.82) is 0 Å². The number of hydrogen-bond donors (Lipinski definition) is 0. The van der Waals surface area contributed by atoms with Gasteiger partial charge in [-0.1, -0.05) is 0 Å². The van der Waals surface area contributed by atoms with Gasteiger partial charge >= 0.3 is 236 Å². The van der Waals surface area contributed by atoms with Crippen molar-refractivity contribution >= 4 is 65.9 Å². The molecule has 0 spiro atoms. The first-order chi connectivity index (χ1) is 16.6. The fourth-order valence-electron chi connectivity index (χ4n) is 3.44.